The minimum absolute atomic E-state index is 0.00121. The molecule has 1 aromatic carbocycles. The third kappa shape index (κ3) is 4.91. The van der Waals surface area contributed by atoms with Crippen LogP contribution in [0.25, 0.3) is 0 Å². The summed E-state index contributed by atoms with van der Waals surface area (Å²) in [6.07, 6.45) is -0.308. The Labute approximate surface area is 139 Å². The molecular weight excluding hydrogens is 323 g/mol. The van der Waals surface area contributed by atoms with Crippen molar-refractivity contribution < 1.29 is 18.7 Å². The van der Waals surface area contributed by atoms with Crippen molar-refractivity contribution in [2.45, 2.75) is 20.0 Å². The third-order valence-corrected chi connectivity index (χ3v) is 3.70. The van der Waals surface area contributed by atoms with Crippen LogP contribution >= 0.6 is 11.6 Å². The van der Waals surface area contributed by atoms with Crippen molar-refractivity contribution in [3.8, 4) is 0 Å². The van der Waals surface area contributed by atoms with E-state index in [9.17, 15) is 14.0 Å². The summed E-state index contributed by atoms with van der Waals surface area (Å²) in [4.78, 5) is 25.5. The number of rotatable bonds is 5. The van der Waals surface area contributed by atoms with Crippen LogP contribution in [0.2, 0.25) is 5.02 Å². The van der Waals surface area contributed by atoms with E-state index in [4.69, 9.17) is 16.3 Å². The first-order valence-electron chi connectivity index (χ1n) is 7.49. The van der Waals surface area contributed by atoms with Gasteiger partial charge in [-0.2, -0.15) is 0 Å². The molecule has 0 spiro atoms. The molecular formula is C16H20ClFN2O3. The summed E-state index contributed by atoms with van der Waals surface area (Å²) in [5.41, 5.74) is -0.108. The van der Waals surface area contributed by atoms with Gasteiger partial charge in [0, 0.05) is 24.7 Å². The number of carbonyl (C=O) groups is 2. The number of amides is 2. The molecule has 1 heterocycles. The summed E-state index contributed by atoms with van der Waals surface area (Å²) in [6, 6.07) is 3.81. The molecule has 0 aromatic heterocycles. The zero-order valence-electron chi connectivity index (χ0n) is 13.1. The van der Waals surface area contributed by atoms with Crippen LogP contribution in [-0.2, 0) is 9.53 Å². The predicted molar refractivity (Wildman–Crippen MR) is 84.9 cm³/mol. The van der Waals surface area contributed by atoms with Crippen molar-refractivity contribution in [1.82, 2.24) is 10.2 Å². The van der Waals surface area contributed by atoms with Gasteiger partial charge >= 0.3 is 0 Å². The maximum Gasteiger partial charge on any atom is 0.254 e. The highest BCUT2D eigenvalue weighted by atomic mass is 35.5. The first-order chi connectivity index (χ1) is 10.9. The van der Waals surface area contributed by atoms with Gasteiger partial charge in [-0.25, -0.2) is 4.39 Å². The molecule has 1 aromatic rings. The van der Waals surface area contributed by atoms with Gasteiger partial charge in [-0.15, -0.1) is 0 Å². The van der Waals surface area contributed by atoms with E-state index in [2.05, 4.69) is 5.32 Å². The summed E-state index contributed by atoms with van der Waals surface area (Å²) in [6.45, 7) is 5.32. The van der Waals surface area contributed by atoms with Gasteiger partial charge in [-0.3, -0.25) is 9.59 Å². The Morgan fingerprint density at radius 3 is 2.96 bits per heavy atom. The first kappa shape index (κ1) is 17.7. The second-order valence-corrected chi connectivity index (χ2v) is 6.40. The number of nitrogens with zero attached hydrogens (tertiary/aromatic N) is 1. The average Bonchev–Trinajstić information content (AvgIpc) is 2.49. The minimum Gasteiger partial charge on any atom is -0.365 e. The van der Waals surface area contributed by atoms with Gasteiger partial charge in [0.15, 0.2) is 0 Å². The van der Waals surface area contributed by atoms with Crippen LogP contribution in [0.15, 0.2) is 18.2 Å². The Morgan fingerprint density at radius 2 is 2.26 bits per heavy atom. The van der Waals surface area contributed by atoms with E-state index in [-0.39, 0.29) is 30.7 Å². The molecule has 0 bridgehead atoms. The second kappa shape index (κ2) is 7.75. The fourth-order valence-corrected chi connectivity index (χ4v) is 2.57. The summed E-state index contributed by atoms with van der Waals surface area (Å²) >= 11 is 5.78. The summed E-state index contributed by atoms with van der Waals surface area (Å²) < 4.78 is 19.1. The Morgan fingerprint density at radius 1 is 1.52 bits per heavy atom. The molecule has 1 saturated heterocycles. The van der Waals surface area contributed by atoms with Gasteiger partial charge in [0.05, 0.1) is 11.7 Å². The lowest BCUT2D eigenvalue weighted by Crippen LogP contribution is -2.51. The molecule has 7 heteroatoms. The molecule has 23 heavy (non-hydrogen) atoms. The number of morpholine rings is 1. The molecule has 1 fully saturated rings. The van der Waals surface area contributed by atoms with Gasteiger partial charge in [0.2, 0.25) is 5.91 Å². The van der Waals surface area contributed by atoms with Gasteiger partial charge < -0.3 is 15.0 Å². The Hall–Kier alpha value is -1.66. The van der Waals surface area contributed by atoms with Crippen molar-refractivity contribution in [1.29, 1.82) is 0 Å². The predicted octanol–water partition coefficient (Wildman–Crippen LogP) is 2.09. The monoisotopic (exact) mass is 342 g/mol. The number of nitrogens with one attached hydrogen (secondary N) is 1. The third-order valence-electron chi connectivity index (χ3n) is 3.47. The van der Waals surface area contributed by atoms with E-state index in [1.807, 2.05) is 13.8 Å². The zero-order chi connectivity index (χ0) is 17.0. The topological polar surface area (TPSA) is 58.6 Å². The van der Waals surface area contributed by atoms with Crippen LogP contribution in [0, 0.1) is 11.7 Å². The van der Waals surface area contributed by atoms with E-state index in [0.29, 0.717) is 24.0 Å². The van der Waals surface area contributed by atoms with Gasteiger partial charge in [0.1, 0.15) is 12.4 Å². The number of hydrogen-bond acceptors (Lipinski definition) is 3. The molecule has 0 aliphatic carbocycles. The lowest BCUT2D eigenvalue weighted by atomic mass is 10.1. The molecule has 1 aliphatic rings. The summed E-state index contributed by atoms with van der Waals surface area (Å²) in [7, 11) is 0. The van der Waals surface area contributed by atoms with Crippen molar-refractivity contribution in [3.63, 3.8) is 0 Å². The Bertz CT molecular complexity index is 595. The molecule has 2 rings (SSSR count). The molecule has 126 valence electrons. The standard InChI is InChI=1S/C16H20ClFN2O3/c1-10(2)7-20-8-12(23-9-15(20)21)6-19-16(22)13-5-11(17)3-4-14(13)18/h3-5,10,12H,6-9H2,1-2H3,(H,19,22). The van der Waals surface area contributed by atoms with Crippen LogP contribution in [0.5, 0.6) is 0 Å². The van der Waals surface area contributed by atoms with Crippen molar-refractivity contribution >= 4 is 23.4 Å². The van der Waals surface area contributed by atoms with Crippen molar-refractivity contribution in [2.24, 2.45) is 5.92 Å². The van der Waals surface area contributed by atoms with Gasteiger partial charge in [-0.1, -0.05) is 25.4 Å². The zero-order valence-corrected chi connectivity index (χ0v) is 13.9. The summed E-state index contributed by atoms with van der Waals surface area (Å²) in [5.74, 6) is -0.885. The second-order valence-electron chi connectivity index (χ2n) is 5.96. The number of halogens is 2. The average molecular weight is 343 g/mol. The molecule has 0 saturated carbocycles. The molecule has 5 nitrogen and oxygen atoms in total. The molecule has 1 unspecified atom stereocenters. The Balaban J connectivity index is 1.91. The van der Waals surface area contributed by atoms with E-state index < -0.39 is 11.7 Å². The minimum atomic E-state index is -0.631. The van der Waals surface area contributed by atoms with Crippen LogP contribution in [-0.4, -0.2) is 49.1 Å². The molecule has 2 amide bonds. The molecule has 1 atom stereocenters. The first-order valence-corrected chi connectivity index (χ1v) is 7.87. The quantitative estimate of drug-likeness (QED) is 0.891. The lowest BCUT2D eigenvalue weighted by molar-refractivity contribution is -0.149. The normalized spacial score (nSPS) is 18.4. The number of ether oxygens (including phenoxy) is 1. The SMILES string of the molecule is CC(C)CN1CC(CNC(=O)c2cc(Cl)ccc2F)OCC1=O. The lowest BCUT2D eigenvalue weighted by Gasteiger charge is -2.33. The van der Waals surface area contributed by atoms with E-state index in [1.54, 1.807) is 4.90 Å². The van der Waals surface area contributed by atoms with Crippen LogP contribution in [0.4, 0.5) is 4.39 Å². The van der Waals surface area contributed by atoms with E-state index in [1.165, 1.54) is 12.1 Å². The van der Waals surface area contributed by atoms with E-state index in [0.717, 1.165) is 6.07 Å². The van der Waals surface area contributed by atoms with Crippen LogP contribution in [0.1, 0.15) is 24.2 Å². The fraction of sp³-hybridized carbons (Fsp3) is 0.500. The highest BCUT2D eigenvalue weighted by Gasteiger charge is 2.27. The molecule has 0 radical (unpaired) electrons. The summed E-state index contributed by atoms with van der Waals surface area (Å²) in [5, 5.41) is 2.92. The number of hydrogen-bond donors (Lipinski definition) is 1. The molecule has 1 N–H and O–H groups in total. The maximum absolute atomic E-state index is 13.6. The van der Waals surface area contributed by atoms with Gasteiger partial charge in [0.25, 0.3) is 5.91 Å². The van der Waals surface area contributed by atoms with Crippen molar-refractivity contribution in [2.75, 3.05) is 26.2 Å². The largest absolute Gasteiger partial charge is 0.365 e. The van der Waals surface area contributed by atoms with Crippen LogP contribution < -0.4 is 5.32 Å². The highest BCUT2D eigenvalue weighted by Crippen LogP contribution is 2.15. The highest BCUT2D eigenvalue weighted by molar-refractivity contribution is 6.31. The Kier molecular flexibility index (Phi) is 5.96. The fourth-order valence-electron chi connectivity index (χ4n) is 2.39. The molecule has 1 aliphatic heterocycles. The number of benzene rings is 1. The van der Waals surface area contributed by atoms with Gasteiger partial charge in [-0.05, 0) is 24.1 Å². The smallest absolute Gasteiger partial charge is 0.254 e. The van der Waals surface area contributed by atoms with Crippen molar-refractivity contribution in [3.05, 3.63) is 34.6 Å². The maximum atomic E-state index is 13.6. The van der Waals surface area contributed by atoms with Crippen LogP contribution in [0.3, 0.4) is 0 Å². The van der Waals surface area contributed by atoms with E-state index >= 15 is 0 Å². The number of carbonyl (C=O) groups excluding carboxylic acids is 2.